The molecule has 1 aliphatic heterocycles. The lowest BCUT2D eigenvalue weighted by Gasteiger charge is -2.15. The van der Waals surface area contributed by atoms with Gasteiger partial charge >= 0.3 is 0 Å². The molecule has 0 unspecified atom stereocenters. The third kappa shape index (κ3) is 4.64. The quantitative estimate of drug-likeness (QED) is 0.734. The Morgan fingerprint density at radius 1 is 0.926 bits per heavy atom. The van der Waals surface area contributed by atoms with E-state index in [4.69, 9.17) is 23.2 Å². The predicted molar refractivity (Wildman–Crippen MR) is 105 cm³/mol. The molecule has 0 saturated carbocycles. The Balaban J connectivity index is 1.72. The Kier molecular flexibility index (Phi) is 6.14. The normalized spacial score (nSPS) is 15.9. The van der Waals surface area contributed by atoms with Gasteiger partial charge in [0.05, 0.1) is 9.92 Å². The van der Waals surface area contributed by atoms with E-state index in [0.29, 0.717) is 18.7 Å². The average molecular weight is 449 g/mol. The lowest BCUT2D eigenvalue weighted by molar-refractivity contribution is 0.477. The molecule has 0 aromatic heterocycles. The van der Waals surface area contributed by atoms with Crippen molar-refractivity contribution in [3.05, 3.63) is 58.1 Å². The fourth-order valence-corrected chi connectivity index (χ4v) is 6.09. The van der Waals surface area contributed by atoms with Gasteiger partial charge in [0.25, 0.3) is 0 Å². The zero-order chi connectivity index (χ0) is 19.7. The monoisotopic (exact) mass is 448 g/mol. The Bertz CT molecular complexity index is 1030. The van der Waals surface area contributed by atoms with Crippen molar-refractivity contribution in [1.29, 1.82) is 0 Å². The summed E-state index contributed by atoms with van der Waals surface area (Å²) in [4.78, 5) is 0.0961. The van der Waals surface area contributed by atoms with Crippen molar-refractivity contribution in [2.75, 3.05) is 13.1 Å². The molecule has 2 aromatic carbocycles. The molecule has 0 amide bonds. The second-order valence-electron chi connectivity index (χ2n) is 6.15. The van der Waals surface area contributed by atoms with E-state index in [1.54, 1.807) is 12.1 Å². The van der Waals surface area contributed by atoms with Gasteiger partial charge in [-0.2, -0.15) is 4.31 Å². The first-order valence-electron chi connectivity index (χ1n) is 8.24. The van der Waals surface area contributed by atoms with Crippen LogP contribution in [0.15, 0.2) is 52.3 Å². The maximum atomic E-state index is 12.5. The van der Waals surface area contributed by atoms with E-state index < -0.39 is 20.0 Å². The number of rotatable bonds is 6. The first-order chi connectivity index (χ1) is 12.7. The van der Waals surface area contributed by atoms with Crippen molar-refractivity contribution < 1.29 is 16.8 Å². The van der Waals surface area contributed by atoms with E-state index in [2.05, 4.69) is 4.72 Å². The minimum absolute atomic E-state index is 0.00474. The third-order valence-corrected chi connectivity index (χ3v) is 8.31. The van der Waals surface area contributed by atoms with Gasteiger partial charge in [-0.15, -0.1) is 0 Å². The van der Waals surface area contributed by atoms with Crippen LogP contribution in [-0.4, -0.2) is 34.2 Å². The molecule has 0 aliphatic carbocycles. The topological polar surface area (TPSA) is 83.5 Å². The number of benzene rings is 2. The summed E-state index contributed by atoms with van der Waals surface area (Å²) in [5.74, 6) is 0. The van der Waals surface area contributed by atoms with Crippen molar-refractivity contribution >= 4 is 43.2 Å². The molecule has 1 N–H and O–H groups in total. The molecule has 1 fully saturated rings. The Morgan fingerprint density at radius 2 is 1.56 bits per heavy atom. The highest BCUT2D eigenvalue weighted by Crippen LogP contribution is 2.25. The van der Waals surface area contributed by atoms with Gasteiger partial charge in [-0.3, -0.25) is 0 Å². The van der Waals surface area contributed by atoms with Crippen LogP contribution in [0.1, 0.15) is 18.4 Å². The number of halogens is 2. The maximum absolute atomic E-state index is 12.5. The molecule has 0 spiro atoms. The first-order valence-corrected chi connectivity index (χ1v) is 11.9. The van der Waals surface area contributed by atoms with Crippen LogP contribution in [0.5, 0.6) is 0 Å². The van der Waals surface area contributed by atoms with E-state index in [1.807, 2.05) is 0 Å². The summed E-state index contributed by atoms with van der Waals surface area (Å²) in [5, 5.41) is 0.329. The second-order valence-corrected chi connectivity index (χ2v) is 10.7. The second kappa shape index (κ2) is 8.06. The van der Waals surface area contributed by atoms with Crippen LogP contribution in [0.2, 0.25) is 10.0 Å². The average Bonchev–Trinajstić information content (AvgIpc) is 3.18. The Morgan fingerprint density at radius 3 is 2.19 bits per heavy atom. The number of nitrogens with one attached hydrogen (secondary N) is 1. The molecule has 27 heavy (non-hydrogen) atoms. The summed E-state index contributed by atoms with van der Waals surface area (Å²) in [6.45, 7) is 1.06. The van der Waals surface area contributed by atoms with E-state index in [1.165, 1.54) is 34.6 Å². The molecule has 146 valence electrons. The molecule has 6 nitrogen and oxygen atoms in total. The lowest BCUT2D eigenvalue weighted by Crippen LogP contribution is -2.28. The summed E-state index contributed by atoms with van der Waals surface area (Å²) in [6.07, 6.45) is 1.73. The van der Waals surface area contributed by atoms with Crippen LogP contribution in [0.4, 0.5) is 0 Å². The van der Waals surface area contributed by atoms with Crippen LogP contribution in [0.25, 0.3) is 0 Å². The predicted octanol–water partition coefficient (Wildman–Crippen LogP) is 3.26. The summed E-state index contributed by atoms with van der Waals surface area (Å²) >= 11 is 11.8. The van der Waals surface area contributed by atoms with Crippen molar-refractivity contribution in [3.8, 4) is 0 Å². The zero-order valence-electron chi connectivity index (χ0n) is 14.2. The maximum Gasteiger partial charge on any atom is 0.243 e. The molecule has 1 aliphatic rings. The lowest BCUT2D eigenvalue weighted by atomic mass is 10.2. The molecule has 0 atom stereocenters. The van der Waals surface area contributed by atoms with Crippen molar-refractivity contribution in [2.24, 2.45) is 0 Å². The van der Waals surface area contributed by atoms with Crippen molar-refractivity contribution in [3.63, 3.8) is 0 Å². The molecule has 2 aromatic rings. The van der Waals surface area contributed by atoms with Gasteiger partial charge in [-0.1, -0.05) is 35.3 Å². The molecular formula is C17H18Cl2N2O4S2. The fourth-order valence-electron chi connectivity index (χ4n) is 2.80. The largest absolute Gasteiger partial charge is 0.243 e. The highest BCUT2D eigenvalue weighted by molar-refractivity contribution is 7.89. The molecule has 10 heteroatoms. The minimum atomic E-state index is -3.86. The highest BCUT2D eigenvalue weighted by atomic mass is 35.5. The number of hydrogen-bond acceptors (Lipinski definition) is 4. The van der Waals surface area contributed by atoms with Gasteiger partial charge in [-0.25, -0.2) is 21.6 Å². The van der Waals surface area contributed by atoms with Crippen LogP contribution >= 0.6 is 23.2 Å². The van der Waals surface area contributed by atoms with Gasteiger partial charge in [0.1, 0.15) is 4.90 Å². The van der Waals surface area contributed by atoms with Gasteiger partial charge in [0.15, 0.2) is 0 Å². The van der Waals surface area contributed by atoms with Gasteiger partial charge in [0, 0.05) is 24.7 Å². The van der Waals surface area contributed by atoms with Crippen LogP contribution in [-0.2, 0) is 26.6 Å². The summed E-state index contributed by atoms with van der Waals surface area (Å²) in [5.41, 5.74) is 0.622. The fraction of sp³-hybridized carbons (Fsp3) is 0.294. The SMILES string of the molecule is O=S(=O)(NCc1ccc(S(=O)(=O)N2CCCC2)cc1)c1cc(Cl)ccc1Cl. The smallest absolute Gasteiger partial charge is 0.207 e. The minimum Gasteiger partial charge on any atom is -0.207 e. The molecular weight excluding hydrogens is 431 g/mol. The molecule has 1 heterocycles. The molecule has 1 saturated heterocycles. The molecule has 0 bridgehead atoms. The van der Waals surface area contributed by atoms with Crippen LogP contribution < -0.4 is 4.72 Å². The standard InChI is InChI=1S/C17H18Cl2N2O4S2/c18-14-5-8-16(19)17(11-14)26(22,23)20-12-13-3-6-15(7-4-13)27(24,25)21-9-1-2-10-21/h3-8,11,20H,1-2,9-10,12H2. The number of nitrogens with zero attached hydrogens (tertiary/aromatic N) is 1. The van der Waals surface area contributed by atoms with Crippen molar-refractivity contribution in [2.45, 2.75) is 29.2 Å². The third-order valence-electron chi connectivity index (χ3n) is 4.28. The Hall–Kier alpha value is -1.16. The summed E-state index contributed by atoms with van der Waals surface area (Å²) in [7, 11) is -7.35. The van der Waals surface area contributed by atoms with E-state index in [0.717, 1.165) is 12.8 Å². The summed E-state index contributed by atoms with van der Waals surface area (Å²) < 4.78 is 53.8. The number of sulfonamides is 2. The highest BCUT2D eigenvalue weighted by Gasteiger charge is 2.27. The molecule has 0 radical (unpaired) electrons. The summed E-state index contributed by atoms with van der Waals surface area (Å²) in [6, 6.07) is 10.3. The van der Waals surface area contributed by atoms with Gasteiger partial charge < -0.3 is 0 Å². The van der Waals surface area contributed by atoms with E-state index in [-0.39, 0.29) is 26.4 Å². The first kappa shape index (κ1) is 20.6. The molecule has 3 rings (SSSR count). The Labute approximate surface area is 169 Å². The van der Waals surface area contributed by atoms with Gasteiger partial charge in [0.2, 0.25) is 20.0 Å². The van der Waals surface area contributed by atoms with Gasteiger partial charge in [-0.05, 0) is 48.7 Å². The zero-order valence-corrected chi connectivity index (χ0v) is 17.4. The van der Waals surface area contributed by atoms with Crippen LogP contribution in [0, 0.1) is 0 Å². The number of hydrogen-bond donors (Lipinski definition) is 1. The van der Waals surface area contributed by atoms with Crippen molar-refractivity contribution in [1.82, 2.24) is 9.03 Å². The van der Waals surface area contributed by atoms with E-state index in [9.17, 15) is 16.8 Å². The van der Waals surface area contributed by atoms with E-state index >= 15 is 0 Å². The van der Waals surface area contributed by atoms with Crippen LogP contribution in [0.3, 0.4) is 0 Å².